The Kier molecular flexibility index (Phi) is 4.70. The first-order valence-electron chi connectivity index (χ1n) is 6.86. The average Bonchev–Trinajstić information content (AvgIpc) is 2.93. The minimum atomic E-state index is 1.15. The van der Waals surface area contributed by atoms with Crippen molar-refractivity contribution in [2.24, 2.45) is 7.05 Å². The molecular formula is C14H25N4+3. The SMILES string of the molecule is C[N+]1=C[NH+](CCCCCCn2cc[n+](C)c2)C=C1. The maximum absolute atomic E-state index is 2.26. The average molecular weight is 249 g/mol. The molecule has 0 aliphatic carbocycles. The number of aromatic nitrogens is 2. The molecule has 1 N–H and O–H groups in total. The summed E-state index contributed by atoms with van der Waals surface area (Å²) in [4.78, 5) is 1.47. The normalized spacial score (nSPS) is 18.3. The topological polar surface area (TPSA) is 16.3 Å². The molecule has 0 radical (unpaired) electrons. The molecular weight excluding hydrogens is 224 g/mol. The molecule has 1 atom stereocenters. The standard InChI is InChI=1S/C14H24N4/c1-15-9-11-17(13-15)7-5-3-4-6-8-18-12-10-16(2)14-18/h9-14H,3-8H2,1-2H3/q+2/p+1. The fourth-order valence-electron chi connectivity index (χ4n) is 2.32. The van der Waals surface area contributed by atoms with Crippen LogP contribution in [0.2, 0.25) is 0 Å². The van der Waals surface area contributed by atoms with E-state index in [1.807, 2.05) is 0 Å². The lowest BCUT2D eigenvalue weighted by atomic mass is 10.2. The summed E-state index contributed by atoms with van der Waals surface area (Å²) in [5.41, 5.74) is 0. The van der Waals surface area contributed by atoms with Gasteiger partial charge in [0.25, 0.3) is 0 Å². The molecule has 2 rings (SSSR count). The van der Waals surface area contributed by atoms with Crippen LogP contribution < -0.4 is 9.47 Å². The van der Waals surface area contributed by atoms with Gasteiger partial charge in [0.05, 0.1) is 20.1 Å². The lowest BCUT2D eigenvalue weighted by molar-refractivity contribution is -0.748. The Labute approximate surface area is 109 Å². The second-order valence-corrected chi connectivity index (χ2v) is 5.17. The quantitative estimate of drug-likeness (QED) is 0.514. The van der Waals surface area contributed by atoms with E-state index in [0.717, 1.165) is 6.54 Å². The molecule has 4 nitrogen and oxygen atoms in total. The predicted octanol–water partition coefficient (Wildman–Crippen LogP) is -0.0867. The van der Waals surface area contributed by atoms with Crippen LogP contribution in [0.3, 0.4) is 0 Å². The van der Waals surface area contributed by atoms with Gasteiger partial charge in [0.2, 0.25) is 12.5 Å². The van der Waals surface area contributed by atoms with E-state index in [2.05, 4.69) is 65.3 Å². The first-order chi connectivity index (χ1) is 8.74. The fraction of sp³-hybridized carbons (Fsp3) is 0.571. The van der Waals surface area contributed by atoms with Gasteiger partial charge in [-0.2, -0.15) is 4.58 Å². The highest BCUT2D eigenvalue weighted by Gasteiger charge is 2.13. The van der Waals surface area contributed by atoms with Crippen molar-refractivity contribution in [3.63, 3.8) is 0 Å². The van der Waals surface area contributed by atoms with Crippen LogP contribution in [0.5, 0.6) is 0 Å². The van der Waals surface area contributed by atoms with Gasteiger partial charge in [-0.05, 0) is 25.7 Å². The molecule has 0 aromatic carbocycles. The Balaban J connectivity index is 1.50. The molecule has 1 aliphatic rings. The van der Waals surface area contributed by atoms with Gasteiger partial charge in [0, 0.05) is 0 Å². The van der Waals surface area contributed by atoms with E-state index in [0.29, 0.717) is 0 Å². The van der Waals surface area contributed by atoms with Gasteiger partial charge in [-0.3, -0.25) is 0 Å². The number of rotatable bonds is 7. The van der Waals surface area contributed by atoms with Crippen molar-refractivity contribution < 1.29 is 14.0 Å². The maximum atomic E-state index is 2.26. The molecule has 18 heavy (non-hydrogen) atoms. The molecule has 1 unspecified atom stereocenters. The third-order valence-electron chi connectivity index (χ3n) is 3.35. The Morgan fingerprint density at radius 1 is 1.11 bits per heavy atom. The highest BCUT2D eigenvalue weighted by atomic mass is 15.2. The van der Waals surface area contributed by atoms with Crippen LogP contribution in [-0.2, 0) is 13.6 Å². The smallest absolute Gasteiger partial charge is 0.240 e. The minimum Gasteiger partial charge on any atom is -0.240 e. The van der Waals surface area contributed by atoms with Gasteiger partial charge in [-0.25, -0.2) is 14.0 Å². The van der Waals surface area contributed by atoms with Gasteiger partial charge >= 0.3 is 6.34 Å². The maximum Gasteiger partial charge on any atom is 0.335 e. The zero-order chi connectivity index (χ0) is 12.8. The van der Waals surface area contributed by atoms with Crippen LogP contribution in [0.4, 0.5) is 0 Å². The summed E-state index contributed by atoms with van der Waals surface area (Å²) >= 11 is 0. The third-order valence-corrected chi connectivity index (χ3v) is 3.35. The monoisotopic (exact) mass is 249 g/mol. The summed E-state index contributed by atoms with van der Waals surface area (Å²) in [7, 11) is 4.15. The molecule has 4 heteroatoms. The number of unbranched alkanes of at least 4 members (excludes halogenated alkanes) is 3. The molecule has 0 amide bonds. The number of hydrogen-bond donors (Lipinski definition) is 1. The van der Waals surface area contributed by atoms with Gasteiger partial charge in [0.1, 0.15) is 19.4 Å². The van der Waals surface area contributed by atoms with Crippen LogP contribution in [0.15, 0.2) is 31.1 Å². The predicted molar refractivity (Wildman–Crippen MR) is 71.3 cm³/mol. The van der Waals surface area contributed by atoms with Gasteiger partial charge in [0.15, 0.2) is 6.20 Å². The van der Waals surface area contributed by atoms with Crippen LogP contribution >= 0.6 is 0 Å². The largest absolute Gasteiger partial charge is 0.335 e. The van der Waals surface area contributed by atoms with Crippen LogP contribution in [0, 0.1) is 0 Å². The van der Waals surface area contributed by atoms with Crippen molar-refractivity contribution in [1.29, 1.82) is 0 Å². The van der Waals surface area contributed by atoms with E-state index >= 15 is 0 Å². The van der Waals surface area contributed by atoms with Crippen LogP contribution in [0.1, 0.15) is 25.7 Å². The zero-order valence-electron chi connectivity index (χ0n) is 11.5. The molecule has 0 saturated heterocycles. The first-order valence-corrected chi connectivity index (χ1v) is 6.86. The van der Waals surface area contributed by atoms with Crippen molar-refractivity contribution in [2.75, 3.05) is 13.6 Å². The van der Waals surface area contributed by atoms with Gasteiger partial charge in [-0.15, -0.1) is 0 Å². The van der Waals surface area contributed by atoms with E-state index in [4.69, 9.17) is 0 Å². The summed E-state index contributed by atoms with van der Waals surface area (Å²) in [5, 5.41) is 0. The lowest BCUT2D eigenvalue weighted by Crippen LogP contribution is -3.05. The van der Waals surface area contributed by atoms with E-state index in [1.54, 1.807) is 0 Å². The fourth-order valence-corrected chi connectivity index (χ4v) is 2.32. The number of nitrogens with one attached hydrogen (secondary N) is 1. The van der Waals surface area contributed by atoms with Crippen LogP contribution in [0.25, 0.3) is 0 Å². The number of quaternary nitrogens is 1. The summed E-state index contributed by atoms with van der Waals surface area (Å²) < 4.78 is 6.48. The molecule has 0 spiro atoms. The van der Waals surface area contributed by atoms with E-state index in [9.17, 15) is 0 Å². The summed E-state index contributed by atoms with van der Waals surface area (Å²) in [5.74, 6) is 0. The van der Waals surface area contributed by atoms with E-state index < -0.39 is 0 Å². The summed E-state index contributed by atoms with van der Waals surface area (Å²) in [6.45, 7) is 2.37. The number of hydrogen-bond acceptors (Lipinski definition) is 0. The van der Waals surface area contributed by atoms with Gasteiger partial charge in [-0.1, -0.05) is 0 Å². The Bertz CT molecular complexity index is 431. The minimum absolute atomic E-state index is 1.15. The molecule has 1 aliphatic heterocycles. The Hall–Kier alpha value is -1.42. The van der Waals surface area contributed by atoms with Crippen molar-refractivity contribution in [1.82, 2.24) is 4.57 Å². The summed E-state index contributed by atoms with van der Waals surface area (Å²) in [6, 6.07) is 0. The molecule has 1 aromatic heterocycles. The Morgan fingerprint density at radius 3 is 2.61 bits per heavy atom. The first kappa shape index (κ1) is 13.0. The number of aryl methyl sites for hydroxylation is 2. The molecule has 0 saturated carbocycles. The zero-order valence-corrected chi connectivity index (χ0v) is 11.5. The number of imidazole rings is 1. The van der Waals surface area contributed by atoms with Crippen molar-refractivity contribution in [3.8, 4) is 0 Å². The van der Waals surface area contributed by atoms with E-state index in [1.165, 1.54) is 37.1 Å². The molecule has 2 heterocycles. The molecule has 98 valence electrons. The lowest BCUT2D eigenvalue weighted by Gasteiger charge is -2.02. The van der Waals surface area contributed by atoms with Crippen LogP contribution in [-0.4, -0.2) is 29.1 Å². The third kappa shape index (κ3) is 4.11. The highest BCUT2D eigenvalue weighted by molar-refractivity contribution is 5.38. The Morgan fingerprint density at radius 2 is 1.94 bits per heavy atom. The van der Waals surface area contributed by atoms with Gasteiger partial charge < -0.3 is 0 Å². The second kappa shape index (κ2) is 6.50. The number of nitrogens with zero attached hydrogens (tertiary/aromatic N) is 3. The molecule has 0 bridgehead atoms. The van der Waals surface area contributed by atoms with Crippen molar-refractivity contribution in [3.05, 3.63) is 31.1 Å². The van der Waals surface area contributed by atoms with E-state index in [-0.39, 0.29) is 0 Å². The molecule has 0 fully saturated rings. The molecule has 1 aromatic rings. The highest BCUT2D eigenvalue weighted by Crippen LogP contribution is 2.00. The second-order valence-electron chi connectivity index (χ2n) is 5.17. The summed E-state index contributed by atoms with van der Waals surface area (Å²) in [6.07, 6.45) is 18.2. The van der Waals surface area contributed by atoms with Crippen molar-refractivity contribution in [2.45, 2.75) is 32.2 Å². The van der Waals surface area contributed by atoms with Crippen molar-refractivity contribution >= 4 is 6.34 Å².